The van der Waals surface area contributed by atoms with Crippen LogP contribution in [0.5, 0.6) is 0 Å². The number of sulfone groups is 1. The van der Waals surface area contributed by atoms with Gasteiger partial charge in [-0.05, 0) is 17.7 Å². The van der Waals surface area contributed by atoms with Gasteiger partial charge in [0.2, 0.25) is 9.84 Å². The zero-order chi connectivity index (χ0) is 17.2. The number of aromatic nitrogens is 1. The van der Waals surface area contributed by atoms with Crippen LogP contribution in [0, 0.1) is 0 Å². The number of hydrogen-bond acceptors (Lipinski definition) is 5. The van der Waals surface area contributed by atoms with Crippen LogP contribution in [-0.4, -0.2) is 26.5 Å². The Morgan fingerprint density at radius 1 is 1.04 bits per heavy atom. The molecular formula is C18H15NO4S. The summed E-state index contributed by atoms with van der Waals surface area (Å²) in [7, 11) is -2.59. The summed E-state index contributed by atoms with van der Waals surface area (Å²) in [5, 5.41) is 0.425. The molecule has 0 bridgehead atoms. The molecule has 0 spiro atoms. The monoisotopic (exact) mass is 341 g/mol. The van der Waals surface area contributed by atoms with Crippen LogP contribution in [0.15, 0.2) is 65.7 Å². The van der Waals surface area contributed by atoms with E-state index in [2.05, 4.69) is 4.98 Å². The molecule has 0 amide bonds. The van der Waals surface area contributed by atoms with Crippen molar-refractivity contribution in [1.82, 2.24) is 4.98 Å². The number of hydrogen-bond donors (Lipinski definition) is 0. The zero-order valence-corrected chi connectivity index (χ0v) is 13.8. The summed E-state index contributed by atoms with van der Waals surface area (Å²) in [6, 6.07) is 17.3. The van der Waals surface area contributed by atoms with Crippen LogP contribution in [-0.2, 0) is 20.3 Å². The minimum atomic E-state index is -3.80. The van der Waals surface area contributed by atoms with Crippen molar-refractivity contribution in [3.05, 3.63) is 71.8 Å². The Bertz CT molecular complexity index is 998. The first-order valence-electron chi connectivity index (χ1n) is 7.26. The van der Waals surface area contributed by atoms with Gasteiger partial charge in [-0.15, -0.1) is 0 Å². The van der Waals surface area contributed by atoms with Gasteiger partial charge in [-0.3, -0.25) is 0 Å². The number of nitrogens with zero attached hydrogens (tertiary/aromatic N) is 1. The minimum absolute atomic E-state index is 0.0490. The van der Waals surface area contributed by atoms with Crippen LogP contribution in [0.25, 0.3) is 10.9 Å². The molecule has 0 fully saturated rings. The van der Waals surface area contributed by atoms with E-state index in [1.165, 1.54) is 13.2 Å². The number of rotatable bonds is 4. The summed E-state index contributed by atoms with van der Waals surface area (Å²) < 4.78 is 30.4. The molecule has 0 N–H and O–H groups in total. The van der Waals surface area contributed by atoms with E-state index in [9.17, 15) is 13.2 Å². The molecule has 122 valence electrons. The lowest BCUT2D eigenvalue weighted by molar-refractivity contribution is 0.0595. The van der Waals surface area contributed by atoms with Crippen LogP contribution in [0.2, 0.25) is 0 Å². The Hall–Kier alpha value is -2.73. The van der Waals surface area contributed by atoms with Crippen molar-refractivity contribution in [3.63, 3.8) is 0 Å². The van der Waals surface area contributed by atoms with Crippen LogP contribution in [0.1, 0.15) is 15.9 Å². The highest BCUT2D eigenvalue weighted by Crippen LogP contribution is 2.24. The highest BCUT2D eigenvalue weighted by atomic mass is 32.2. The molecule has 5 nitrogen and oxygen atoms in total. The molecule has 3 aromatic rings. The van der Waals surface area contributed by atoms with E-state index in [-0.39, 0.29) is 16.3 Å². The van der Waals surface area contributed by atoms with Crippen molar-refractivity contribution in [1.29, 1.82) is 0 Å². The first-order chi connectivity index (χ1) is 11.5. The quantitative estimate of drug-likeness (QED) is 0.682. The van der Waals surface area contributed by atoms with E-state index in [0.717, 1.165) is 0 Å². The standard InChI is InChI=1S/C18H15NO4S/c1-23-18(20)15-11-14-9-5-6-10-16(14)19-17(15)24(21,22)12-13-7-3-2-4-8-13/h2-11H,12H2,1H3. The second kappa shape index (κ2) is 6.41. The molecular weight excluding hydrogens is 326 g/mol. The minimum Gasteiger partial charge on any atom is -0.465 e. The maximum Gasteiger partial charge on any atom is 0.340 e. The second-order valence-corrected chi connectivity index (χ2v) is 7.17. The lowest BCUT2D eigenvalue weighted by Gasteiger charge is -2.10. The van der Waals surface area contributed by atoms with Gasteiger partial charge >= 0.3 is 5.97 Å². The van der Waals surface area contributed by atoms with E-state index >= 15 is 0 Å². The molecule has 0 aliphatic heterocycles. The van der Waals surface area contributed by atoms with Gasteiger partial charge in [0, 0.05) is 5.39 Å². The Balaban J connectivity index is 2.17. The fraction of sp³-hybridized carbons (Fsp3) is 0.111. The summed E-state index contributed by atoms with van der Waals surface area (Å²) in [4.78, 5) is 16.3. The molecule has 3 rings (SSSR count). The molecule has 0 saturated carbocycles. The number of carbonyl (C=O) groups excluding carboxylic acids is 1. The topological polar surface area (TPSA) is 73.3 Å². The van der Waals surface area contributed by atoms with Crippen molar-refractivity contribution >= 4 is 26.7 Å². The summed E-state index contributed by atoms with van der Waals surface area (Å²) in [6.45, 7) is 0. The largest absolute Gasteiger partial charge is 0.465 e. The van der Waals surface area contributed by atoms with Crippen molar-refractivity contribution in [2.45, 2.75) is 10.8 Å². The number of esters is 1. The number of methoxy groups -OCH3 is 1. The fourth-order valence-electron chi connectivity index (χ4n) is 2.45. The molecule has 0 atom stereocenters. The van der Waals surface area contributed by atoms with E-state index in [4.69, 9.17) is 4.74 Å². The smallest absolute Gasteiger partial charge is 0.340 e. The van der Waals surface area contributed by atoms with Crippen LogP contribution >= 0.6 is 0 Å². The van der Waals surface area contributed by atoms with Gasteiger partial charge in [0.25, 0.3) is 0 Å². The lowest BCUT2D eigenvalue weighted by Crippen LogP contribution is -2.15. The Kier molecular flexibility index (Phi) is 4.31. The van der Waals surface area contributed by atoms with E-state index < -0.39 is 15.8 Å². The molecule has 1 heterocycles. The maximum atomic E-state index is 12.8. The van der Waals surface area contributed by atoms with Gasteiger partial charge in [-0.2, -0.15) is 0 Å². The zero-order valence-electron chi connectivity index (χ0n) is 13.0. The van der Waals surface area contributed by atoms with Gasteiger partial charge in [0.05, 0.1) is 23.9 Å². The number of carbonyl (C=O) groups is 1. The third-order valence-electron chi connectivity index (χ3n) is 3.59. The van der Waals surface area contributed by atoms with Crippen molar-refractivity contribution in [2.24, 2.45) is 0 Å². The summed E-state index contributed by atoms with van der Waals surface area (Å²) >= 11 is 0. The summed E-state index contributed by atoms with van der Waals surface area (Å²) in [5.74, 6) is -0.955. The average molecular weight is 341 g/mol. The molecule has 24 heavy (non-hydrogen) atoms. The van der Waals surface area contributed by atoms with Gasteiger partial charge in [-0.25, -0.2) is 18.2 Å². The van der Waals surface area contributed by atoms with E-state index in [0.29, 0.717) is 16.5 Å². The Morgan fingerprint density at radius 3 is 2.42 bits per heavy atom. The third kappa shape index (κ3) is 3.14. The van der Waals surface area contributed by atoms with E-state index in [1.807, 2.05) is 6.07 Å². The average Bonchev–Trinajstić information content (AvgIpc) is 2.60. The summed E-state index contributed by atoms with van der Waals surface area (Å²) in [6.07, 6.45) is 0. The number of pyridine rings is 1. The highest BCUT2D eigenvalue weighted by Gasteiger charge is 2.26. The summed E-state index contributed by atoms with van der Waals surface area (Å²) in [5.41, 5.74) is 1.09. The predicted octanol–water partition coefficient (Wildman–Crippen LogP) is 3.00. The SMILES string of the molecule is COC(=O)c1cc2ccccc2nc1S(=O)(=O)Cc1ccccc1. The molecule has 0 saturated heterocycles. The number of ether oxygens (including phenoxy) is 1. The number of para-hydroxylation sites is 1. The number of fused-ring (bicyclic) bond motifs is 1. The highest BCUT2D eigenvalue weighted by molar-refractivity contribution is 7.90. The maximum absolute atomic E-state index is 12.8. The lowest BCUT2D eigenvalue weighted by atomic mass is 10.1. The molecule has 0 aliphatic rings. The molecule has 6 heteroatoms. The van der Waals surface area contributed by atoms with Crippen molar-refractivity contribution < 1.29 is 17.9 Å². The van der Waals surface area contributed by atoms with Gasteiger partial charge < -0.3 is 4.74 Å². The van der Waals surface area contributed by atoms with E-state index in [1.54, 1.807) is 48.5 Å². The van der Waals surface area contributed by atoms with Crippen LogP contribution in [0.4, 0.5) is 0 Å². The molecule has 1 aromatic heterocycles. The number of benzene rings is 2. The predicted molar refractivity (Wildman–Crippen MR) is 90.4 cm³/mol. The van der Waals surface area contributed by atoms with Gasteiger partial charge in [0.1, 0.15) is 0 Å². The van der Waals surface area contributed by atoms with Crippen molar-refractivity contribution in [2.75, 3.05) is 7.11 Å². The molecule has 0 unspecified atom stereocenters. The Morgan fingerprint density at radius 2 is 1.71 bits per heavy atom. The van der Waals surface area contributed by atoms with Gasteiger partial charge in [0.15, 0.2) is 5.03 Å². The first-order valence-corrected chi connectivity index (χ1v) is 8.91. The van der Waals surface area contributed by atoms with Crippen molar-refractivity contribution in [3.8, 4) is 0 Å². The third-order valence-corrected chi connectivity index (χ3v) is 5.20. The Labute approximate surface area is 139 Å². The molecule has 0 aliphatic carbocycles. The van der Waals surface area contributed by atoms with Gasteiger partial charge in [-0.1, -0.05) is 48.5 Å². The first kappa shape index (κ1) is 16.1. The van der Waals surface area contributed by atoms with Crippen LogP contribution < -0.4 is 0 Å². The molecule has 0 radical (unpaired) electrons. The normalized spacial score (nSPS) is 11.4. The second-order valence-electron chi connectivity index (χ2n) is 5.27. The van der Waals surface area contributed by atoms with Crippen LogP contribution in [0.3, 0.4) is 0 Å². The fourth-order valence-corrected chi connectivity index (χ4v) is 3.94. The molecule has 2 aromatic carbocycles.